The Hall–Kier alpha value is -2.58. The van der Waals surface area contributed by atoms with Crippen molar-refractivity contribution in [3.63, 3.8) is 0 Å². The highest BCUT2D eigenvalue weighted by molar-refractivity contribution is 6.30. The first kappa shape index (κ1) is 24.7. The van der Waals surface area contributed by atoms with Crippen molar-refractivity contribution in [2.24, 2.45) is 5.92 Å². The second kappa shape index (κ2) is 11.2. The Morgan fingerprint density at radius 3 is 2.45 bits per heavy atom. The van der Waals surface area contributed by atoms with Gasteiger partial charge in [-0.1, -0.05) is 50.9 Å². The number of carbonyl (C=O) groups is 1. The molecule has 1 aromatic carbocycles. The summed E-state index contributed by atoms with van der Waals surface area (Å²) in [6.45, 7) is 7.23. The number of nitrogens with one attached hydrogen (secondary N) is 1. The van der Waals surface area contributed by atoms with Crippen LogP contribution in [0.15, 0.2) is 33.9 Å². The monoisotopic (exact) mass is 449 g/mol. The third kappa shape index (κ3) is 6.70. The minimum Gasteiger partial charge on any atom is -0.383 e. The normalized spacial score (nSPS) is 11.3. The van der Waals surface area contributed by atoms with Crippen LogP contribution in [0.25, 0.3) is 0 Å². The summed E-state index contributed by atoms with van der Waals surface area (Å²) in [4.78, 5) is 43.7. The molecule has 31 heavy (non-hydrogen) atoms. The van der Waals surface area contributed by atoms with Crippen LogP contribution in [-0.4, -0.2) is 40.5 Å². The summed E-state index contributed by atoms with van der Waals surface area (Å²) in [7, 11) is 1.83. The number of nitrogens with two attached hydrogens (primary N) is 1. The molecule has 0 aliphatic carbocycles. The van der Waals surface area contributed by atoms with Crippen LogP contribution in [0.1, 0.15) is 39.2 Å². The van der Waals surface area contributed by atoms with E-state index in [1.807, 2.05) is 44.9 Å². The molecule has 1 aromatic heterocycles. The molecule has 3 N–H and O–H groups in total. The van der Waals surface area contributed by atoms with Gasteiger partial charge in [-0.3, -0.25) is 24.0 Å². The molecule has 0 spiro atoms. The van der Waals surface area contributed by atoms with Crippen LogP contribution in [0.5, 0.6) is 0 Å². The van der Waals surface area contributed by atoms with Crippen molar-refractivity contribution in [3.05, 3.63) is 55.7 Å². The number of H-pyrrole nitrogens is 1. The summed E-state index contributed by atoms with van der Waals surface area (Å²) in [5.74, 6) is -0.0897. The number of unbranched alkanes of at least 4 members (excludes halogenated alkanes) is 1. The zero-order valence-corrected chi connectivity index (χ0v) is 19.4. The quantitative estimate of drug-likeness (QED) is 0.580. The molecule has 0 atom stereocenters. The van der Waals surface area contributed by atoms with E-state index in [1.165, 1.54) is 9.47 Å². The molecule has 0 bridgehead atoms. The summed E-state index contributed by atoms with van der Waals surface area (Å²) in [5, 5.41) is 0.652. The molecule has 0 radical (unpaired) electrons. The number of amides is 1. The van der Waals surface area contributed by atoms with E-state index < -0.39 is 11.2 Å². The van der Waals surface area contributed by atoms with Gasteiger partial charge >= 0.3 is 5.69 Å². The second-order valence-corrected chi connectivity index (χ2v) is 8.63. The topological polar surface area (TPSA) is 104 Å². The number of halogens is 1. The number of nitrogen functional groups attached to an aromatic ring is 1. The molecule has 2 rings (SSSR count). The number of benzene rings is 1. The third-order valence-electron chi connectivity index (χ3n) is 4.84. The second-order valence-electron chi connectivity index (χ2n) is 8.20. The minimum absolute atomic E-state index is 0.0206. The molecule has 0 aliphatic rings. The Kier molecular flexibility index (Phi) is 8.88. The van der Waals surface area contributed by atoms with Gasteiger partial charge in [0.25, 0.3) is 5.56 Å². The van der Waals surface area contributed by atoms with Crippen LogP contribution < -0.4 is 21.9 Å². The Morgan fingerprint density at radius 1 is 1.23 bits per heavy atom. The van der Waals surface area contributed by atoms with Crippen molar-refractivity contribution in [3.8, 4) is 0 Å². The van der Waals surface area contributed by atoms with Gasteiger partial charge in [-0.15, -0.1) is 0 Å². The highest BCUT2D eigenvalue weighted by Crippen LogP contribution is 2.19. The lowest BCUT2D eigenvalue weighted by molar-refractivity contribution is -0.119. The number of likely N-dealkylation sites (N-methyl/N-ethyl adjacent to an activating group) is 1. The minimum atomic E-state index is -0.646. The number of aromatic nitrogens is 2. The van der Waals surface area contributed by atoms with Gasteiger partial charge in [0.15, 0.2) is 5.69 Å². The molecule has 1 heterocycles. The number of hydrogen-bond donors (Lipinski definition) is 2. The summed E-state index contributed by atoms with van der Waals surface area (Å²) < 4.78 is 1.32. The van der Waals surface area contributed by atoms with Crippen LogP contribution >= 0.6 is 11.6 Å². The van der Waals surface area contributed by atoms with E-state index in [1.54, 1.807) is 12.1 Å². The van der Waals surface area contributed by atoms with E-state index in [0.717, 1.165) is 12.0 Å². The Bertz CT molecular complexity index is 998. The highest BCUT2D eigenvalue weighted by Gasteiger charge is 2.25. The zero-order valence-electron chi connectivity index (χ0n) is 18.7. The molecule has 0 unspecified atom stereocenters. The van der Waals surface area contributed by atoms with E-state index in [2.05, 4.69) is 4.98 Å². The van der Waals surface area contributed by atoms with Gasteiger partial charge < -0.3 is 10.6 Å². The van der Waals surface area contributed by atoms with Crippen LogP contribution in [0.2, 0.25) is 5.02 Å². The van der Waals surface area contributed by atoms with Crippen molar-refractivity contribution in [1.82, 2.24) is 14.5 Å². The molecule has 8 nitrogen and oxygen atoms in total. The average molecular weight is 450 g/mol. The first-order chi connectivity index (χ1) is 14.6. The summed E-state index contributed by atoms with van der Waals surface area (Å²) in [6.07, 6.45) is 1.54. The number of carbonyl (C=O) groups excluding carboxylic acids is 1. The van der Waals surface area contributed by atoms with Crippen LogP contribution in [0.4, 0.5) is 11.5 Å². The van der Waals surface area contributed by atoms with Gasteiger partial charge in [0, 0.05) is 24.7 Å². The van der Waals surface area contributed by atoms with E-state index in [0.29, 0.717) is 31.1 Å². The maximum absolute atomic E-state index is 13.2. The highest BCUT2D eigenvalue weighted by atomic mass is 35.5. The number of hydrogen-bond acceptors (Lipinski definition) is 5. The van der Waals surface area contributed by atoms with Gasteiger partial charge in [0.05, 0.1) is 6.54 Å². The van der Waals surface area contributed by atoms with Crippen LogP contribution in [0.3, 0.4) is 0 Å². The zero-order chi connectivity index (χ0) is 23.1. The lowest BCUT2D eigenvalue weighted by Crippen LogP contribution is -2.45. The van der Waals surface area contributed by atoms with Gasteiger partial charge in [0.2, 0.25) is 5.91 Å². The molecule has 9 heteroatoms. The fraction of sp³-hybridized carbons (Fsp3) is 0.500. The molecule has 0 fully saturated rings. The van der Waals surface area contributed by atoms with Crippen LogP contribution in [0, 0.1) is 5.92 Å². The van der Waals surface area contributed by atoms with E-state index >= 15 is 0 Å². The number of rotatable bonds is 10. The van der Waals surface area contributed by atoms with E-state index in [-0.39, 0.29) is 29.9 Å². The lowest BCUT2D eigenvalue weighted by Gasteiger charge is -2.27. The SMILES string of the molecule is CCCCN(C(=O)CN(C)Cc1ccc(Cl)cc1)c1c(N)n(CC(C)C)c(=O)[nH]c1=O. The Labute approximate surface area is 187 Å². The third-order valence-corrected chi connectivity index (χ3v) is 5.09. The molecule has 0 aliphatic heterocycles. The molecular weight excluding hydrogens is 418 g/mol. The maximum atomic E-state index is 13.2. The molecular formula is C22H32ClN5O3. The van der Waals surface area contributed by atoms with Crippen LogP contribution in [-0.2, 0) is 17.9 Å². The van der Waals surface area contributed by atoms with E-state index in [4.69, 9.17) is 17.3 Å². The first-order valence-electron chi connectivity index (χ1n) is 10.5. The Morgan fingerprint density at radius 2 is 1.87 bits per heavy atom. The molecule has 2 aromatic rings. The average Bonchev–Trinajstić information content (AvgIpc) is 2.69. The van der Waals surface area contributed by atoms with Crippen molar-refractivity contribution >= 4 is 29.0 Å². The maximum Gasteiger partial charge on any atom is 0.330 e. The van der Waals surface area contributed by atoms with Gasteiger partial charge in [0.1, 0.15) is 5.82 Å². The standard InChI is InChI=1S/C22H32ClN5O3/c1-5-6-11-27(18(29)14-26(4)13-16-7-9-17(23)10-8-16)19-20(24)28(12-15(2)3)22(31)25-21(19)30/h7-10,15H,5-6,11-14,24H2,1-4H3,(H,25,30,31). The molecule has 170 valence electrons. The van der Waals surface area contributed by atoms with Crippen molar-refractivity contribution in [2.45, 2.75) is 46.7 Å². The van der Waals surface area contributed by atoms with Crippen molar-refractivity contribution < 1.29 is 4.79 Å². The van der Waals surface area contributed by atoms with Crippen molar-refractivity contribution in [2.75, 3.05) is 30.8 Å². The molecule has 0 saturated heterocycles. The van der Waals surface area contributed by atoms with E-state index in [9.17, 15) is 14.4 Å². The van der Waals surface area contributed by atoms with Gasteiger partial charge in [-0.25, -0.2) is 4.79 Å². The van der Waals surface area contributed by atoms with Crippen molar-refractivity contribution in [1.29, 1.82) is 0 Å². The number of aromatic amines is 1. The number of nitrogens with zero attached hydrogens (tertiary/aromatic N) is 3. The lowest BCUT2D eigenvalue weighted by atomic mass is 10.2. The summed E-state index contributed by atoms with van der Waals surface area (Å²) >= 11 is 5.93. The largest absolute Gasteiger partial charge is 0.383 e. The predicted molar refractivity (Wildman–Crippen MR) is 126 cm³/mol. The fourth-order valence-electron chi connectivity index (χ4n) is 3.34. The first-order valence-corrected chi connectivity index (χ1v) is 10.9. The molecule has 1 amide bonds. The number of anilines is 2. The smallest absolute Gasteiger partial charge is 0.330 e. The molecule has 0 saturated carbocycles. The predicted octanol–water partition coefficient (Wildman–Crippen LogP) is 2.69. The van der Waals surface area contributed by atoms with Gasteiger partial charge in [-0.2, -0.15) is 0 Å². The summed E-state index contributed by atoms with van der Waals surface area (Å²) in [5.41, 5.74) is 6.08. The van der Waals surface area contributed by atoms with Gasteiger partial charge in [-0.05, 0) is 37.1 Å². The fourth-order valence-corrected chi connectivity index (χ4v) is 3.46. The summed E-state index contributed by atoms with van der Waals surface area (Å²) in [6, 6.07) is 7.42. The Balaban J connectivity index is 2.32.